The zero-order valence-electron chi connectivity index (χ0n) is 12.7. The Morgan fingerprint density at radius 1 is 1.24 bits per heavy atom. The van der Waals surface area contributed by atoms with Crippen LogP contribution in [0, 0.1) is 0 Å². The van der Waals surface area contributed by atoms with E-state index >= 15 is 0 Å². The quantitative estimate of drug-likeness (QED) is 0.658. The maximum atomic E-state index is 12.3. The predicted molar refractivity (Wildman–Crippen MR) is 84.4 cm³/mol. The van der Waals surface area contributed by atoms with Crippen molar-refractivity contribution in [2.75, 3.05) is 24.1 Å². The van der Waals surface area contributed by atoms with Crippen molar-refractivity contribution in [1.82, 2.24) is 4.90 Å². The van der Waals surface area contributed by atoms with Crippen LogP contribution >= 0.6 is 0 Å². The Bertz CT molecular complexity index is 536. The monoisotopic (exact) mass is 289 g/mol. The van der Waals surface area contributed by atoms with Gasteiger partial charge in [0.05, 0.1) is 0 Å². The van der Waals surface area contributed by atoms with Gasteiger partial charge in [0.2, 0.25) is 5.91 Å². The molecule has 1 aliphatic rings. The number of nitrogen functional groups attached to an aromatic ring is 1. The van der Waals surface area contributed by atoms with E-state index in [0.717, 1.165) is 31.6 Å². The number of amides is 1. The molecule has 2 rings (SSSR count). The highest BCUT2D eigenvalue weighted by Crippen LogP contribution is 2.20. The minimum absolute atomic E-state index is 0.0588. The molecule has 1 atom stereocenters. The second-order valence-electron chi connectivity index (χ2n) is 5.61. The van der Waals surface area contributed by atoms with Crippen LogP contribution in [0.4, 0.5) is 11.4 Å². The van der Waals surface area contributed by atoms with Gasteiger partial charge in [-0.3, -0.25) is 9.59 Å². The molecule has 1 fully saturated rings. The number of hydrogen-bond donors (Lipinski definition) is 2. The number of anilines is 2. The first-order valence-corrected chi connectivity index (χ1v) is 7.45. The normalized spacial score (nSPS) is 16.4. The zero-order chi connectivity index (χ0) is 15.4. The summed E-state index contributed by atoms with van der Waals surface area (Å²) in [5.74, 6) is 0.0559. The van der Waals surface area contributed by atoms with E-state index in [4.69, 9.17) is 5.73 Å². The SMILES string of the molecule is CC(=O)c1ccc(NC(C)C(=O)N2CCCCC2)cc1N. The van der Waals surface area contributed by atoms with Crippen LogP contribution < -0.4 is 11.1 Å². The van der Waals surface area contributed by atoms with Crippen LogP contribution in [0.2, 0.25) is 0 Å². The number of likely N-dealkylation sites (tertiary alicyclic amines) is 1. The maximum Gasteiger partial charge on any atom is 0.244 e. The molecule has 0 aliphatic carbocycles. The van der Waals surface area contributed by atoms with E-state index in [0.29, 0.717) is 11.3 Å². The largest absolute Gasteiger partial charge is 0.398 e. The number of rotatable bonds is 4. The van der Waals surface area contributed by atoms with Crippen LogP contribution in [0.25, 0.3) is 0 Å². The van der Waals surface area contributed by atoms with E-state index in [-0.39, 0.29) is 17.7 Å². The molecule has 1 aliphatic heterocycles. The Hall–Kier alpha value is -2.04. The lowest BCUT2D eigenvalue weighted by atomic mass is 10.1. The summed E-state index contributed by atoms with van der Waals surface area (Å²) < 4.78 is 0. The summed E-state index contributed by atoms with van der Waals surface area (Å²) in [7, 11) is 0. The molecule has 3 N–H and O–H groups in total. The fourth-order valence-corrected chi connectivity index (χ4v) is 2.67. The van der Waals surface area contributed by atoms with Gasteiger partial charge in [0.15, 0.2) is 5.78 Å². The summed E-state index contributed by atoms with van der Waals surface area (Å²) in [6.07, 6.45) is 3.37. The molecule has 1 heterocycles. The van der Waals surface area contributed by atoms with Crippen LogP contribution in [0.3, 0.4) is 0 Å². The number of ketones is 1. The van der Waals surface area contributed by atoms with Gasteiger partial charge in [0, 0.05) is 30.0 Å². The van der Waals surface area contributed by atoms with Gasteiger partial charge >= 0.3 is 0 Å². The van der Waals surface area contributed by atoms with Crippen LogP contribution in [0.15, 0.2) is 18.2 Å². The number of benzene rings is 1. The summed E-state index contributed by atoms with van der Waals surface area (Å²) in [4.78, 5) is 25.6. The molecule has 5 heteroatoms. The second-order valence-corrected chi connectivity index (χ2v) is 5.61. The van der Waals surface area contributed by atoms with Crippen molar-refractivity contribution in [3.8, 4) is 0 Å². The Morgan fingerprint density at radius 3 is 2.48 bits per heavy atom. The molecule has 0 aromatic heterocycles. The average Bonchev–Trinajstić information content (AvgIpc) is 2.47. The van der Waals surface area contributed by atoms with Crippen LogP contribution in [-0.4, -0.2) is 35.7 Å². The molecular formula is C16H23N3O2. The van der Waals surface area contributed by atoms with Crippen molar-refractivity contribution in [2.24, 2.45) is 0 Å². The highest BCUT2D eigenvalue weighted by atomic mass is 16.2. The molecule has 0 bridgehead atoms. The van der Waals surface area contributed by atoms with Crippen molar-refractivity contribution < 1.29 is 9.59 Å². The molecule has 0 spiro atoms. The van der Waals surface area contributed by atoms with E-state index in [9.17, 15) is 9.59 Å². The first-order valence-electron chi connectivity index (χ1n) is 7.45. The number of carbonyl (C=O) groups is 2. The third-order valence-corrected chi connectivity index (χ3v) is 3.85. The number of Topliss-reactive ketones (excluding diaryl/α,β-unsaturated/α-hetero) is 1. The summed E-state index contributed by atoms with van der Waals surface area (Å²) in [6.45, 7) is 5.03. The van der Waals surface area contributed by atoms with Crippen LogP contribution in [-0.2, 0) is 4.79 Å². The number of hydrogen-bond acceptors (Lipinski definition) is 4. The summed E-state index contributed by atoms with van der Waals surface area (Å²) in [6, 6.07) is 4.88. The van der Waals surface area contributed by atoms with Crippen LogP contribution in [0.5, 0.6) is 0 Å². The summed E-state index contributed by atoms with van der Waals surface area (Å²) >= 11 is 0. The van der Waals surface area contributed by atoms with Crippen molar-refractivity contribution in [1.29, 1.82) is 0 Å². The lowest BCUT2D eigenvalue weighted by molar-refractivity contribution is -0.132. The van der Waals surface area contributed by atoms with Crippen molar-refractivity contribution in [2.45, 2.75) is 39.2 Å². The molecule has 0 radical (unpaired) electrons. The molecular weight excluding hydrogens is 266 g/mol. The van der Waals surface area contributed by atoms with Gasteiger partial charge in [-0.1, -0.05) is 0 Å². The average molecular weight is 289 g/mol. The Labute approximate surface area is 125 Å². The summed E-state index contributed by atoms with van der Waals surface area (Å²) in [5.41, 5.74) is 7.57. The van der Waals surface area contributed by atoms with Crippen molar-refractivity contribution >= 4 is 23.1 Å². The highest BCUT2D eigenvalue weighted by Gasteiger charge is 2.22. The lowest BCUT2D eigenvalue weighted by Crippen LogP contribution is -2.43. The smallest absolute Gasteiger partial charge is 0.244 e. The fraction of sp³-hybridized carbons (Fsp3) is 0.500. The molecule has 0 saturated carbocycles. The van der Waals surface area contributed by atoms with E-state index in [1.165, 1.54) is 13.3 Å². The first kappa shape index (κ1) is 15.4. The van der Waals surface area contributed by atoms with Gasteiger partial charge in [-0.25, -0.2) is 0 Å². The fourth-order valence-electron chi connectivity index (χ4n) is 2.67. The number of nitrogens with one attached hydrogen (secondary N) is 1. The number of piperidine rings is 1. The van der Waals surface area contributed by atoms with E-state index in [1.54, 1.807) is 18.2 Å². The van der Waals surface area contributed by atoms with Gasteiger partial charge < -0.3 is 16.0 Å². The topological polar surface area (TPSA) is 75.4 Å². The Balaban J connectivity index is 2.01. The number of nitrogens with two attached hydrogens (primary N) is 1. The minimum Gasteiger partial charge on any atom is -0.398 e. The predicted octanol–water partition coefficient (Wildman–Crippen LogP) is 2.28. The third-order valence-electron chi connectivity index (χ3n) is 3.85. The van der Waals surface area contributed by atoms with Gasteiger partial charge in [0.1, 0.15) is 6.04 Å². The highest BCUT2D eigenvalue weighted by molar-refractivity contribution is 5.99. The van der Waals surface area contributed by atoms with Gasteiger partial charge in [0.25, 0.3) is 0 Å². The van der Waals surface area contributed by atoms with Crippen molar-refractivity contribution in [3.05, 3.63) is 23.8 Å². The second kappa shape index (κ2) is 6.61. The van der Waals surface area contributed by atoms with Gasteiger partial charge in [-0.15, -0.1) is 0 Å². The number of nitrogens with zero attached hydrogens (tertiary/aromatic N) is 1. The molecule has 1 amide bonds. The van der Waals surface area contributed by atoms with Gasteiger partial charge in [-0.05, 0) is 51.3 Å². The molecule has 1 aromatic carbocycles. The van der Waals surface area contributed by atoms with Gasteiger partial charge in [-0.2, -0.15) is 0 Å². The molecule has 5 nitrogen and oxygen atoms in total. The molecule has 1 saturated heterocycles. The Kier molecular flexibility index (Phi) is 4.83. The zero-order valence-corrected chi connectivity index (χ0v) is 12.7. The lowest BCUT2D eigenvalue weighted by Gasteiger charge is -2.29. The van der Waals surface area contributed by atoms with E-state index in [1.807, 2.05) is 11.8 Å². The molecule has 1 aromatic rings. The van der Waals surface area contributed by atoms with Crippen LogP contribution in [0.1, 0.15) is 43.5 Å². The minimum atomic E-state index is -0.300. The molecule has 21 heavy (non-hydrogen) atoms. The molecule has 114 valence electrons. The van der Waals surface area contributed by atoms with E-state index in [2.05, 4.69) is 5.32 Å². The van der Waals surface area contributed by atoms with Crippen molar-refractivity contribution in [3.63, 3.8) is 0 Å². The van der Waals surface area contributed by atoms with E-state index < -0.39 is 0 Å². The summed E-state index contributed by atoms with van der Waals surface area (Å²) in [5, 5.41) is 3.16. The maximum absolute atomic E-state index is 12.3. The number of carbonyl (C=O) groups excluding carboxylic acids is 2. The molecule has 1 unspecified atom stereocenters. The standard InChI is InChI=1S/C16H23N3O2/c1-11(16(21)19-8-4-3-5-9-19)18-13-6-7-14(12(2)20)15(17)10-13/h6-7,10-11,18H,3-5,8-9,17H2,1-2H3. The Morgan fingerprint density at radius 2 is 1.90 bits per heavy atom. The first-order chi connectivity index (χ1) is 9.99. The third kappa shape index (κ3) is 3.74.